The zero-order valence-electron chi connectivity index (χ0n) is 13.2. The van der Waals surface area contributed by atoms with Crippen molar-refractivity contribution in [3.63, 3.8) is 0 Å². The third-order valence-electron chi connectivity index (χ3n) is 4.36. The van der Waals surface area contributed by atoms with E-state index in [-0.39, 0.29) is 11.7 Å². The van der Waals surface area contributed by atoms with E-state index >= 15 is 0 Å². The summed E-state index contributed by atoms with van der Waals surface area (Å²) in [5.41, 5.74) is 3.02. The van der Waals surface area contributed by atoms with Gasteiger partial charge < -0.3 is 14.3 Å². The first-order chi connectivity index (χ1) is 12.2. The first-order valence-electron chi connectivity index (χ1n) is 7.75. The molecule has 0 unspecified atom stereocenters. The van der Waals surface area contributed by atoms with Gasteiger partial charge in [0.15, 0.2) is 11.6 Å². The summed E-state index contributed by atoms with van der Waals surface area (Å²) in [7, 11) is 1.68. The largest absolute Gasteiger partial charge is 0.438 e. The number of carbonyl (C=O) groups is 1. The second-order valence-electron chi connectivity index (χ2n) is 5.83. The highest BCUT2D eigenvalue weighted by Crippen LogP contribution is 2.38. The minimum atomic E-state index is -0.502. The molecule has 0 aliphatic carbocycles. The number of nitrogens with one attached hydrogen (secondary N) is 1. The van der Waals surface area contributed by atoms with Gasteiger partial charge in [0, 0.05) is 7.05 Å². The maximum Gasteiger partial charge on any atom is 0.292 e. The van der Waals surface area contributed by atoms with Gasteiger partial charge >= 0.3 is 0 Å². The lowest BCUT2D eigenvalue weighted by molar-refractivity contribution is 0.0679. The molecule has 1 N–H and O–H groups in total. The number of hydrogen-bond acceptors (Lipinski definition) is 6. The minimum Gasteiger partial charge on any atom is -0.438 e. The molecular weight excluding hydrogens is 322 g/mol. The molecule has 5 rings (SSSR count). The molecule has 9 heteroatoms. The summed E-state index contributed by atoms with van der Waals surface area (Å²) in [6.45, 7) is 0.379. The third-order valence-corrected chi connectivity index (χ3v) is 4.36. The van der Waals surface area contributed by atoms with Crippen LogP contribution in [-0.4, -0.2) is 40.5 Å². The van der Waals surface area contributed by atoms with Gasteiger partial charge in [-0.2, -0.15) is 5.10 Å². The second kappa shape index (κ2) is 5.00. The molecule has 1 aliphatic rings. The quantitative estimate of drug-likeness (QED) is 0.594. The van der Waals surface area contributed by atoms with Gasteiger partial charge in [0.25, 0.3) is 5.91 Å². The van der Waals surface area contributed by atoms with E-state index in [2.05, 4.69) is 25.0 Å². The van der Waals surface area contributed by atoms with Crippen molar-refractivity contribution in [3.05, 3.63) is 60.0 Å². The van der Waals surface area contributed by atoms with Crippen molar-refractivity contribution in [1.82, 2.24) is 34.6 Å². The molecule has 0 bridgehead atoms. The molecule has 0 saturated heterocycles. The predicted octanol–water partition coefficient (Wildman–Crippen LogP) is 1.42. The molecule has 1 atom stereocenters. The number of rotatable bonds is 2. The van der Waals surface area contributed by atoms with E-state index in [1.807, 2.05) is 24.3 Å². The minimum absolute atomic E-state index is 0.251. The van der Waals surface area contributed by atoms with Crippen LogP contribution in [0.4, 0.5) is 0 Å². The number of amides is 1. The van der Waals surface area contributed by atoms with Crippen molar-refractivity contribution >= 4 is 17.0 Å². The van der Waals surface area contributed by atoms with Gasteiger partial charge in [0.05, 0.1) is 24.3 Å². The highest BCUT2D eigenvalue weighted by molar-refractivity contribution is 5.91. The zero-order chi connectivity index (χ0) is 17.0. The van der Waals surface area contributed by atoms with Crippen LogP contribution in [0, 0.1) is 0 Å². The summed E-state index contributed by atoms with van der Waals surface area (Å²) in [6, 6.07) is 7.00. The van der Waals surface area contributed by atoms with Crippen LogP contribution in [0.1, 0.15) is 33.9 Å². The van der Waals surface area contributed by atoms with Crippen molar-refractivity contribution in [2.24, 2.45) is 7.05 Å². The molecule has 9 nitrogen and oxygen atoms in total. The number of aromatic amines is 1. The van der Waals surface area contributed by atoms with Crippen LogP contribution in [-0.2, 0) is 13.6 Å². The van der Waals surface area contributed by atoms with Gasteiger partial charge in [-0.1, -0.05) is 12.1 Å². The Morgan fingerprint density at radius 3 is 3.00 bits per heavy atom. The van der Waals surface area contributed by atoms with Gasteiger partial charge in [0.2, 0.25) is 11.7 Å². The van der Waals surface area contributed by atoms with Crippen molar-refractivity contribution in [1.29, 1.82) is 0 Å². The lowest BCUT2D eigenvalue weighted by Crippen LogP contribution is -2.32. The van der Waals surface area contributed by atoms with Crippen LogP contribution < -0.4 is 0 Å². The fourth-order valence-corrected chi connectivity index (χ4v) is 3.17. The Balaban J connectivity index is 1.63. The van der Waals surface area contributed by atoms with E-state index in [0.29, 0.717) is 18.0 Å². The molecule has 1 aliphatic heterocycles. The molecule has 1 amide bonds. The number of para-hydroxylation sites is 2. The molecule has 0 spiro atoms. The van der Waals surface area contributed by atoms with E-state index < -0.39 is 6.04 Å². The fraction of sp³-hybridized carbons (Fsp3) is 0.188. The number of hydrogen-bond donors (Lipinski definition) is 1. The van der Waals surface area contributed by atoms with E-state index in [1.54, 1.807) is 18.3 Å². The Kier molecular flexibility index (Phi) is 2.78. The first kappa shape index (κ1) is 13.9. The molecule has 124 valence electrons. The molecule has 25 heavy (non-hydrogen) atoms. The maximum atomic E-state index is 13.0. The predicted molar refractivity (Wildman–Crippen MR) is 85.3 cm³/mol. The highest BCUT2D eigenvalue weighted by Gasteiger charge is 2.41. The summed E-state index contributed by atoms with van der Waals surface area (Å²) in [5.74, 6) is 0.437. The molecule has 4 heterocycles. The number of imidazole rings is 1. The molecule has 0 saturated carbocycles. The summed E-state index contributed by atoms with van der Waals surface area (Å²) in [5, 5.41) is 3.97. The smallest absolute Gasteiger partial charge is 0.292 e. The monoisotopic (exact) mass is 335 g/mol. The number of H-pyrrole nitrogens is 1. The summed E-state index contributed by atoms with van der Waals surface area (Å²) in [4.78, 5) is 30.7. The second-order valence-corrected chi connectivity index (χ2v) is 5.83. The van der Waals surface area contributed by atoms with Crippen LogP contribution in [0.25, 0.3) is 11.1 Å². The number of benzene rings is 1. The van der Waals surface area contributed by atoms with E-state index in [1.165, 1.54) is 11.0 Å². The Hall–Kier alpha value is -3.49. The summed E-state index contributed by atoms with van der Waals surface area (Å²) < 4.78 is 7.35. The first-order valence-corrected chi connectivity index (χ1v) is 7.75. The van der Waals surface area contributed by atoms with Gasteiger partial charge in [0.1, 0.15) is 11.8 Å². The topological polar surface area (TPSA) is 106 Å². The SMILES string of the molecule is Cn1ncnc1C(=O)N1Cc2[nH]cnc2[C@@H]1c1nc2ccccc2o1. The summed E-state index contributed by atoms with van der Waals surface area (Å²) in [6.07, 6.45) is 2.97. The zero-order valence-corrected chi connectivity index (χ0v) is 13.2. The Morgan fingerprint density at radius 1 is 1.32 bits per heavy atom. The number of fused-ring (bicyclic) bond motifs is 2. The number of aromatic nitrogens is 6. The van der Waals surface area contributed by atoms with Gasteiger partial charge in [-0.25, -0.2) is 19.6 Å². The van der Waals surface area contributed by atoms with Crippen LogP contribution in [0.3, 0.4) is 0 Å². The van der Waals surface area contributed by atoms with Crippen LogP contribution in [0.5, 0.6) is 0 Å². The normalized spacial score (nSPS) is 16.5. The fourth-order valence-electron chi connectivity index (χ4n) is 3.17. The van der Waals surface area contributed by atoms with Crippen LogP contribution in [0.15, 0.2) is 41.3 Å². The van der Waals surface area contributed by atoms with Gasteiger partial charge in [-0.05, 0) is 12.1 Å². The molecule has 0 fully saturated rings. The standard InChI is InChI=1S/C16H13N7O2/c1-22-14(19-8-20-22)16(24)23-6-10-12(18-7-17-10)13(23)15-21-9-4-2-3-5-11(9)25-15/h2-5,7-8,13H,6H2,1H3,(H,17,18)/t13-/m1/s1. The van der Waals surface area contributed by atoms with Crippen molar-refractivity contribution in [2.75, 3.05) is 0 Å². The van der Waals surface area contributed by atoms with Crippen molar-refractivity contribution in [2.45, 2.75) is 12.6 Å². The number of carbonyl (C=O) groups excluding carboxylic acids is 1. The van der Waals surface area contributed by atoms with Gasteiger partial charge in [-0.15, -0.1) is 0 Å². The average Bonchev–Trinajstić information content (AvgIpc) is 3.36. The van der Waals surface area contributed by atoms with E-state index in [0.717, 1.165) is 16.9 Å². The lowest BCUT2D eigenvalue weighted by atomic mass is 10.2. The third kappa shape index (κ3) is 1.98. The molecular formula is C16H13N7O2. The molecule has 1 aromatic carbocycles. The van der Waals surface area contributed by atoms with Crippen molar-refractivity contribution < 1.29 is 9.21 Å². The van der Waals surface area contributed by atoms with Crippen LogP contribution >= 0.6 is 0 Å². The number of oxazole rings is 1. The van der Waals surface area contributed by atoms with E-state index in [9.17, 15) is 4.79 Å². The number of aryl methyl sites for hydroxylation is 1. The lowest BCUT2D eigenvalue weighted by Gasteiger charge is -2.21. The number of nitrogens with zero attached hydrogens (tertiary/aromatic N) is 6. The average molecular weight is 335 g/mol. The Bertz CT molecular complexity index is 1060. The van der Waals surface area contributed by atoms with Crippen LogP contribution in [0.2, 0.25) is 0 Å². The molecule has 4 aromatic rings. The summed E-state index contributed by atoms with van der Waals surface area (Å²) >= 11 is 0. The molecule has 3 aromatic heterocycles. The maximum absolute atomic E-state index is 13.0. The molecule has 0 radical (unpaired) electrons. The van der Waals surface area contributed by atoms with Crippen molar-refractivity contribution in [3.8, 4) is 0 Å². The van der Waals surface area contributed by atoms with Gasteiger partial charge in [-0.3, -0.25) is 4.79 Å². The highest BCUT2D eigenvalue weighted by atomic mass is 16.4. The Labute approximate surface area is 141 Å². The Morgan fingerprint density at radius 2 is 2.20 bits per heavy atom. The van der Waals surface area contributed by atoms with E-state index in [4.69, 9.17) is 4.42 Å².